The summed E-state index contributed by atoms with van der Waals surface area (Å²) < 4.78 is 0. The number of anilines is 1. The second-order valence-electron chi connectivity index (χ2n) is 5.09. The van der Waals surface area contributed by atoms with Crippen molar-refractivity contribution in [2.45, 2.75) is 6.04 Å². The van der Waals surface area contributed by atoms with E-state index >= 15 is 0 Å². The van der Waals surface area contributed by atoms with E-state index in [0.717, 1.165) is 17.9 Å². The van der Waals surface area contributed by atoms with Crippen LogP contribution >= 0.6 is 0 Å². The summed E-state index contributed by atoms with van der Waals surface area (Å²) in [6.07, 6.45) is 3.16. The molecule has 0 amide bonds. The highest BCUT2D eigenvalue weighted by Crippen LogP contribution is 2.20. The summed E-state index contributed by atoms with van der Waals surface area (Å²) in [5, 5.41) is 3.39. The van der Waals surface area contributed by atoms with Crippen LogP contribution in [0.5, 0.6) is 0 Å². The zero-order valence-corrected chi connectivity index (χ0v) is 12.1. The van der Waals surface area contributed by atoms with E-state index in [0.29, 0.717) is 5.65 Å². The molecule has 0 aliphatic carbocycles. The highest BCUT2D eigenvalue weighted by atomic mass is 15.1. The lowest BCUT2D eigenvalue weighted by molar-refractivity contribution is 0.311. The average molecular weight is 282 g/mol. The molecule has 2 aromatic heterocycles. The Morgan fingerprint density at radius 2 is 1.95 bits per heavy atom. The largest absolute Gasteiger partial charge is 0.366 e. The third kappa shape index (κ3) is 2.85. The molecule has 1 atom stereocenters. The molecule has 0 radical (unpaired) electrons. The molecule has 0 saturated heterocycles. The van der Waals surface area contributed by atoms with E-state index in [-0.39, 0.29) is 6.04 Å². The molecule has 0 aliphatic rings. The van der Waals surface area contributed by atoms with Gasteiger partial charge in [-0.25, -0.2) is 15.0 Å². The number of hydrogen-bond donors (Lipinski definition) is 2. The van der Waals surface area contributed by atoms with Gasteiger partial charge in [-0.3, -0.25) is 0 Å². The molecule has 0 bridgehead atoms. The minimum absolute atomic E-state index is 0.263. The Morgan fingerprint density at radius 3 is 2.71 bits per heavy atom. The van der Waals surface area contributed by atoms with E-state index in [9.17, 15) is 0 Å². The van der Waals surface area contributed by atoms with E-state index in [2.05, 4.69) is 68.5 Å². The lowest BCUT2D eigenvalue weighted by atomic mass is 10.1. The first-order chi connectivity index (χ1) is 10.3. The molecule has 6 heteroatoms. The highest BCUT2D eigenvalue weighted by Gasteiger charge is 2.14. The number of hydrogen-bond acceptors (Lipinski definition) is 5. The van der Waals surface area contributed by atoms with Crippen LogP contribution in [0.15, 0.2) is 43.0 Å². The summed E-state index contributed by atoms with van der Waals surface area (Å²) in [4.78, 5) is 17.8. The van der Waals surface area contributed by atoms with Crippen molar-refractivity contribution in [3.05, 3.63) is 48.5 Å². The maximum absolute atomic E-state index is 4.29. The van der Waals surface area contributed by atoms with Crippen molar-refractivity contribution in [3.63, 3.8) is 0 Å². The molecule has 0 fully saturated rings. The fraction of sp³-hybridized carbons (Fsp3) is 0.267. The Kier molecular flexibility index (Phi) is 3.79. The molecule has 108 valence electrons. The van der Waals surface area contributed by atoms with Gasteiger partial charge in [-0.1, -0.05) is 30.3 Å². The van der Waals surface area contributed by atoms with Crippen LogP contribution in [-0.4, -0.2) is 45.5 Å². The van der Waals surface area contributed by atoms with E-state index < -0.39 is 0 Å². The van der Waals surface area contributed by atoms with Gasteiger partial charge in [-0.15, -0.1) is 0 Å². The van der Waals surface area contributed by atoms with Crippen LogP contribution in [-0.2, 0) is 0 Å². The molecule has 0 aliphatic heterocycles. The molecule has 6 nitrogen and oxygen atoms in total. The number of nitrogens with one attached hydrogen (secondary N) is 2. The first-order valence-electron chi connectivity index (χ1n) is 6.85. The first-order valence-corrected chi connectivity index (χ1v) is 6.85. The summed E-state index contributed by atoms with van der Waals surface area (Å²) in [7, 11) is 4.15. The first kappa shape index (κ1) is 13.5. The molecule has 0 spiro atoms. The van der Waals surface area contributed by atoms with E-state index in [1.807, 2.05) is 6.07 Å². The summed E-state index contributed by atoms with van der Waals surface area (Å²) in [6.45, 7) is 0.752. The van der Waals surface area contributed by atoms with E-state index in [1.165, 1.54) is 11.9 Å². The van der Waals surface area contributed by atoms with Gasteiger partial charge in [0.25, 0.3) is 0 Å². The minimum Gasteiger partial charge on any atom is -0.366 e. The lowest BCUT2D eigenvalue weighted by Gasteiger charge is -2.25. The molecular formula is C15H18N6. The van der Waals surface area contributed by atoms with Crippen molar-refractivity contribution in [1.82, 2.24) is 24.8 Å². The van der Waals surface area contributed by atoms with Crippen LogP contribution in [0.1, 0.15) is 11.6 Å². The van der Waals surface area contributed by atoms with Crippen LogP contribution in [0, 0.1) is 0 Å². The summed E-state index contributed by atoms with van der Waals surface area (Å²) >= 11 is 0. The van der Waals surface area contributed by atoms with E-state index in [1.54, 1.807) is 6.33 Å². The van der Waals surface area contributed by atoms with Crippen molar-refractivity contribution < 1.29 is 0 Å². The molecule has 2 N–H and O–H groups in total. The number of rotatable bonds is 5. The molecule has 3 rings (SSSR count). The van der Waals surface area contributed by atoms with Crippen LogP contribution < -0.4 is 5.32 Å². The lowest BCUT2D eigenvalue weighted by Crippen LogP contribution is -2.27. The van der Waals surface area contributed by atoms with Crippen molar-refractivity contribution in [1.29, 1.82) is 0 Å². The average Bonchev–Trinajstić information content (AvgIpc) is 2.97. The molecule has 21 heavy (non-hydrogen) atoms. The fourth-order valence-corrected chi connectivity index (χ4v) is 2.37. The second-order valence-corrected chi connectivity index (χ2v) is 5.09. The van der Waals surface area contributed by atoms with Crippen LogP contribution in [0.2, 0.25) is 0 Å². The van der Waals surface area contributed by atoms with Crippen LogP contribution in [0.25, 0.3) is 11.2 Å². The van der Waals surface area contributed by atoms with Crippen molar-refractivity contribution >= 4 is 17.0 Å². The molecule has 1 unspecified atom stereocenters. The highest BCUT2D eigenvalue weighted by molar-refractivity contribution is 5.81. The number of benzene rings is 1. The Morgan fingerprint density at radius 1 is 1.14 bits per heavy atom. The minimum atomic E-state index is 0.263. The summed E-state index contributed by atoms with van der Waals surface area (Å²) in [6, 6.07) is 10.7. The number of aromatic nitrogens is 4. The van der Waals surface area contributed by atoms with Gasteiger partial charge >= 0.3 is 0 Å². The van der Waals surface area contributed by atoms with Crippen LogP contribution in [0.3, 0.4) is 0 Å². The number of nitrogens with zero attached hydrogens (tertiary/aromatic N) is 4. The number of aromatic amines is 1. The smallest absolute Gasteiger partial charge is 0.182 e. The van der Waals surface area contributed by atoms with Gasteiger partial charge in [0, 0.05) is 6.54 Å². The maximum atomic E-state index is 4.29. The Hall–Kier alpha value is -2.47. The standard InChI is InChI=1S/C15H18N6/c1-21(2)12(11-6-4-3-5-7-11)8-16-14-13-15(18-9-17-13)20-10-19-14/h3-7,9-10,12H,8H2,1-2H3,(H2,16,17,18,19,20). The number of likely N-dealkylation sites (N-methyl/N-ethyl adjacent to an activating group) is 1. The summed E-state index contributed by atoms with van der Waals surface area (Å²) in [5.74, 6) is 0.778. The summed E-state index contributed by atoms with van der Waals surface area (Å²) in [5.41, 5.74) is 2.78. The van der Waals surface area contributed by atoms with Crippen molar-refractivity contribution in [2.24, 2.45) is 0 Å². The molecule has 1 aromatic carbocycles. The van der Waals surface area contributed by atoms with E-state index in [4.69, 9.17) is 0 Å². The van der Waals surface area contributed by atoms with Gasteiger partial charge in [0.15, 0.2) is 11.5 Å². The molecule has 2 heterocycles. The monoisotopic (exact) mass is 282 g/mol. The maximum Gasteiger partial charge on any atom is 0.182 e. The zero-order valence-electron chi connectivity index (χ0n) is 12.1. The Balaban J connectivity index is 1.80. The predicted molar refractivity (Wildman–Crippen MR) is 83.0 cm³/mol. The zero-order chi connectivity index (χ0) is 14.7. The third-order valence-electron chi connectivity index (χ3n) is 3.49. The normalized spacial score (nSPS) is 12.7. The second kappa shape index (κ2) is 5.88. The van der Waals surface area contributed by atoms with Crippen molar-refractivity contribution in [3.8, 4) is 0 Å². The van der Waals surface area contributed by atoms with Gasteiger partial charge in [-0.2, -0.15) is 0 Å². The SMILES string of the molecule is CN(C)C(CNc1ncnc2nc[nH]c12)c1ccccc1. The molecule has 3 aromatic rings. The Bertz CT molecular complexity index is 706. The molecule has 0 saturated carbocycles. The topological polar surface area (TPSA) is 69.7 Å². The third-order valence-corrected chi connectivity index (χ3v) is 3.49. The van der Waals surface area contributed by atoms with Gasteiger partial charge in [0.2, 0.25) is 0 Å². The van der Waals surface area contributed by atoms with Gasteiger partial charge in [0.05, 0.1) is 12.4 Å². The molecular weight excluding hydrogens is 264 g/mol. The number of fused-ring (bicyclic) bond motifs is 1. The fourth-order valence-electron chi connectivity index (χ4n) is 2.37. The van der Waals surface area contributed by atoms with Gasteiger partial charge < -0.3 is 15.2 Å². The number of H-pyrrole nitrogens is 1. The predicted octanol–water partition coefficient (Wildman–Crippen LogP) is 2.07. The van der Waals surface area contributed by atoms with Gasteiger partial charge in [-0.05, 0) is 19.7 Å². The van der Waals surface area contributed by atoms with Crippen molar-refractivity contribution in [2.75, 3.05) is 26.0 Å². The van der Waals surface area contributed by atoms with Crippen LogP contribution in [0.4, 0.5) is 5.82 Å². The quantitative estimate of drug-likeness (QED) is 0.749. The number of imidazole rings is 1. The Labute approximate surface area is 123 Å². The van der Waals surface area contributed by atoms with Gasteiger partial charge in [0.1, 0.15) is 11.8 Å².